The minimum atomic E-state index is -3.50. The van der Waals surface area contributed by atoms with E-state index in [0.717, 1.165) is 11.2 Å². The molecule has 0 aliphatic carbocycles. The van der Waals surface area contributed by atoms with Crippen LogP contribution in [-0.2, 0) is 19.9 Å². The van der Waals surface area contributed by atoms with E-state index < -0.39 is 25.9 Å². The second kappa shape index (κ2) is 7.48. The van der Waals surface area contributed by atoms with Crippen molar-refractivity contribution in [1.29, 1.82) is 0 Å². The topological polar surface area (TPSA) is 106 Å². The van der Waals surface area contributed by atoms with Crippen LogP contribution in [0.15, 0.2) is 29.2 Å². The van der Waals surface area contributed by atoms with E-state index >= 15 is 0 Å². The highest BCUT2D eigenvalue weighted by Crippen LogP contribution is 2.20. The van der Waals surface area contributed by atoms with Crippen molar-refractivity contribution in [1.82, 2.24) is 4.72 Å². The van der Waals surface area contributed by atoms with Crippen LogP contribution in [0.1, 0.15) is 6.92 Å². The summed E-state index contributed by atoms with van der Waals surface area (Å²) in [5.41, 5.74) is 6.27. The molecule has 9 heteroatoms. The molecule has 0 amide bonds. The zero-order valence-corrected chi connectivity index (χ0v) is 14.4. The van der Waals surface area contributed by atoms with Gasteiger partial charge in [-0.05, 0) is 25.1 Å². The summed E-state index contributed by atoms with van der Waals surface area (Å²) in [5.74, 6) is 0.0690. The van der Waals surface area contributed by atoms with Gasteiger partial charge in [0.05, 0.1) is 11.5 Å². The van der Waals surface area contributed by atoms with Crippen LogP contribution in [-0.4, -0.2) is 46.4 Å². The highest BCUT2D eigenvalue weighted by Gasteiger charge is 2.17. The summed E-state index contributed by atoms with van der Waals surface area (Å²) < 4.78 is 48.3. The van der Waals surface area contributed by atoms with Crippen molar-refractivity contribution in [3.63, 3.8) is 0 Å². The monoisotopic (exact) mass is 352 g/mol. The van der Waals surface area contributed by atoms with Crippen molar-refractivity contribution in [2.45, 2.75) is 17.9 Å². The molecule has 6 nitrogen and oxygen atoms in total. The van der Waals surface area contributed by atoms with Crippen LogP contribution in [0.3, 0.4) is 0 Å². The summed E-state index contributed by atoms with van der Waals surface area (Å²) in [5, 5.41) is 0. The van der Waals surface area contributed by atoms with Crippen molar-refractivity contribution in [3.05, 3.63) is 24.3 Å². The van der Waals surface area contributed by atoms with Gasteiger partial charge < -0.3 is 5.73 Å². The number of thioether (sulfide) groups is 1. The van der Waals surface area contributed by atoms with Crippen LogP contribution in [0.25, 0.3) is 0 Å². The fraction of sp³-hybridized carbons (Fsp3) is 0.500. The van der Waals surface area contributed by atoms with Crippen molar-refractivity contribution in [3.8, 4) is 0 Å². The van der Waals surface area contributed by atoms with E-state index in [4.69, 9.17) is 5.73 Å². The standard InChI is InChI=1S/C12H20N2O4S3/c1-10(9-20(2,15)16)14-21(17,18)7-6-19-12-5-3-4-11(13)8-12/h3-5,8,10,14H,6-7,9,13H2,1-2H3. The second-order valence-corrected chi connectivity index (χ2v) is 10.1. The lowest BCUT2D eigenvalue weighted by Crippen LogP contribution is -2.39. The zero-order valence-electron chi connectivity index (χ0n) is 11.9. The first-order chi connectivity index (χ1) is 9.57. The second-order valence-electron chi connectivity index (χ2n) is 4.85. The van der Waals surface area contributed by atoms with E-state index in [9.17, 15) is 16.8 Å². The predicted octanol–water partition coefficient (Wildman–Crippen LogP) is 0.713. The molecule has 0 saturated carbocycles. The SMILES string of the molecule is CC(CS(C)(=O)=O)NS(=O)(=O)CCSc1cccc(N)c1. The minimum Gasteiger partial charge on any atom is -0.399 e. The van der Waals surface area contributed by atoms with Crippen LogP contribution in [0.5, 0.6) is 0 Å². The molecule has 1 aromatic rings. The Bertz CT molecular complexity index is 671. The van der Waals surface area contributed by atoms with Crippen LogP contribution in [0.2, 0.25) is 0 Å². The Hall–Kier alpha value is -0.770. The van der Waals surface area contributed by atoms with Crippen LogP contribution < -0.4 is 10.5 Å². The molecule has 1 unspecified atom stereocenters. The molecule has 0 aliphatic heterocycles. The lowest BCUT2D eigenvalue weighted by Gasteiger charge is -2.13. The van der Waals surface area contributed by atoms with Gasteiger partial charge in [-0.3, -0.25) is 0 Å². The van der Waals surface area contributed by atoms with Gasteiger partial charge in [0.1, 0.15) is 9.84 Å². The number of nitrogens with one attached hydrogen (secondary N) is 1. The smallest absolute Gasteiger partial charge is 0.212 e. The molecule has 0 radical (unpaired) electrons. The summed E-state index contributed by atoms with van der Waals surface area (Å²) in [6, 6.07) is 6.56. The zero-order chi connectivity index (χ0) is 16.1. The van der Waals surface area contributed by atoms with Crippen LogP contribution in [0, 0.1) is 0 Å². The Kier molecular flexibility index (Phi) is 6.51. The lowest BCUT2D eigenvalue weighted by atomic mass is 10.3. The quantitative estimate of drug-likeness (QED) is 0.527. The number of hydrogen-bond acceptors (Lipinski definition) is 6. The molecule has 3 N–H and O–H groups in total. The molecule has 0 heterocycles. The fourth-order valence-corrected chi connectivity index (χ4v) is 5.48. The van der Waals surface area contributed by atoms with E-state index in [0.29, 0.717) is 11.4 Å². The first-order valence-electron chi connectivity index (χ1n) is 6.23. The number of anilines is 1. The van der Waals surface area contributed by atoms with Gasteiger partial charge in [-0.2, -0.15) is 0 Å². The van der Waals surface area contributed by atoms with Crippen LogP contribution >= 0.6 is 11.8 Å². The van der Waals surface area contributed by atoms with Gasteiger partial charge in [0.15, 0.2) is 0 Å². The van der Waals surface area contributed by atoms with Crippen molar-refractivity contribution < 1.29 is 16.8 Å². The summed E-state index contributed by atoms with van der Waals surface area (Å²) in [7, 11) is -6.71. The van der Waals surface area contributed by atoms with E-state index in [2.05, 4.69) is 4.72 Å². The molecule has 0 aliphatic rings. The Morgan fingerprint density at radius 2 is 1.95 bits per heavy atom. The first-order valence-corrected chi connectivity index (χ1v) is 10.9. The molecule has 0 bridgehead atoms. The Morgan fingerprint density at radius 1 is 1.29 bits per heavy atom. The fourth-order valence-electron chi connectivity index (χ4n) is 1.73. The van der Waals surface area contributed by atoms with E-state index in [1.807, 2.05) is 6.07 Å². The molecule has 21 heavy (non-hydrogen) atoms. The Balaban J connectivity index is 2.46. The molecular weight excluding hydrogens is 332 g/mol. The molecule has 1 atom stereocenters. The predicted molar refractivity (Wildman–Crippen MR) is 87.7 cm³/mol. The Labute approximate surface area is 130 Å². The maximum atomic E-state index is 11.8. The van der Waals surface area contributed by atoms with Gasteiger partial charge in [0.25, 0.3) is 0 Å². The highest BCUT2D eigenvalue weighted by atomic mass is 32.2. The lowest BCUT2D eigenvalue weighted by molar-refractivity contribution is 0.566. The molecular formula is C12H20N2O4S3. The number of sulfone groups is 1. The minimum absolute atomic E-state index is 0.0828. The van der Waals surface area contributed by atoms with E-state index in [1.54, 1.807) is 18.2 Å². The number of nitrogens with two attached hydrogens (primary N) is 1. The average molecular weight is 353 g/mol. The third kappa shape index (κ3) is 8.30. The van der Waals surface area contributed by atoms with Gasteiger partial charge in [0.2, 0.25) is 10.0 Å². The number of hydrogen-bond donors (Lipinski definition) is 2. The van der Waals surface area contributed by atoms with E-state index in [-0.39, 0.29) is 11.5 Å². The van der Waals surface area contributed by atoms with Gasteiger partial charge in [0, 0.05) is 28.6 Å². The molecule has 0 saturated heterocycles. The van der Waals surface area contributed by atoms with Crippen molar-refractivity contribution in [2.75, 3.05) is 29.2 Å². The largest absolute Gasteiger partial charge is 0.399 e. The van der Waals surface area contributed by atoms with Gasteiger partial charge >= 0.3 is 0 Å². The summed E-state index contributed by atoms with van der Waals surface area (Å²) >= 11 is 1.38. The van der Waals surface area contributed by atoms with Gasteiger partial charge in [-0.25, -0.2) is 21.6 Å². The number of benzene rings is 1. The summed E-state index contributed by atoms with van der Waals surface area (Å²) in [6.45, 7) is 1.53. The maximum Gasteiger partial charge on any atom is 0.212 e. The summed E-state index contributed by atoms with van der Waals surface area (Å²) in [6.07, 6.45) is 1.08. The van der Waals surface area contributed by atoms with Crippen LogP contribution in [0.4, 0.5) is 5.69 Å². The average Bonchev–Trinajstić information content (AvgIpc) is 2.24. The number of sulfonamides is 1. The van der Waals surface area contributed by atoms with Gasteiger partial charge in [-0.1, -0.05) is 6.07 Å². The molecule has 0 aromatic heterocycles. The number of rotatable bonds is 8. The molecule has 1 aromatic carbocycles. The maximum absolute atomic E-state index is 11.8. The highest BCUT2D eigenvalue weighted by molar-refractivity contribution is 8.00. The van der Waals surface area contributed by atoms with Crippen molar-refractivity contribution >= 4 is 37.3 Å². The third-order valence-corrected chi connectivity index (χ3v) is 6.27. The van der Waals surface area contributed by atoms with E-state index in [1.165, 1.54) is 18.7 Å². The van der Waals surface area contributed by atoms with Crippen molar-refractivity contribution in [2.24, 2.45) is 0 Å². The molecule has 0 fully saturated rings. The summed E-state index contributed by atoms with van der Waals surface area (Å²) in [4.78, 5) is 0.898. The molecule has 0 spiro atoms. The molecule has 1 rings (SSSR count). The first kappa shape index (κ1) is 18.3. The normalized spacial score (nSPS) is 14.0. The third-order valence-electron chi connectivity index (χ3n) is 2.41. The number of nitrogen functional groups attached to an aromatic ring is 1. The Morgan fingerprint density at radius 3 is 2.52 bits per heavy atom. The van der Waals surface area contributed by atoms with Gasteiger partial charge in [-0.15, -0.1) is 11.8 Å². The molecule has 120 valence electrons.